The zero-order valence-electron chi connectivity index (χ0n) is 14.5. The molecule has 1 aromatic rings. The first kappa shape index (κ1) is 20.0. The number of aromatic nitrogens is 2. The second-order valence-corrected chi connectivity index (χ2v) is 7.48. The first-order chi connectivity index (χ1) is 13.4. The van der Waals surface area contributed by atoms with Crippen molar-refractivity contribution in [2.75, 3.05) is 24.7 Å². The quantitative estimate of drug-likeness (QED) is 0.229. The number of carbonyl (C=O) groups excluding carboxylic acids is 2. The highest BCUT2D eigenvalue weighted by Crippen LogP contribution is 2.40. The Balaban J connectivity index is 1.79. The predicted octanol–water partition coefficient (Wildman–Crippen LogP) is -1.41. The van der Waals surface area contributed by atoms with Crippen molar-refractivity contribution in [3.63, 3.8) is 0 Å². The molecule has 3 rings (SSSR count). The number of aliphatic hydroxyl groups is 1. The summed E-state index contributed by atoms with van der Waals surface area (Å²) in [6.07, 6.45) is 0. The van der Waals surface area contributed by atoms with Gasteiger partial charge in [-0.3, -0.25) is 14.5 Å². The lowest BCUT2D eigenvalue weighted by atomic mass is 10.0. The van der Waals surface area contributed by atoms with E-state index in [0.717, 1.165) is 16.4 Å². The predicted molar refractivity (Wildman–Crippen MR) is 99.3 cm³/mol. The summed E-state index contributed by atoms with van der Waals surface area (Å²) in [5.41, 5.74) is 5.28. The number of nitrogens with one attached hydrogen (secondary N) is 1. The standard InChI is InChI=1S/C14H16N6O6S2/c1-2-26-18-6(9-17-14(15)28-19-9)10(22)16-7-11(23)20-8(13(24)25)5(3-21)4-27-12(7)20/h7,12,21H,2-4H2,1H3,(H,16,22)(H,24,25)(H2,15,17,19)/b18-6+/t7-,12-/m1/s1. The van der Waals surface area contributed by atoms with E-state index < -0.39 is 35.8 Å². The minimum atomic E-state index is -1.31. The van der Waals surface area contributed by atoms with Gasteiger partial charge in [-0.05, 0) is 12.5 Å². The number of fused-ring (bicyclic) bond motifs is 1. The van der Waals surface area contributed by atoms with Gasteiger partial charge in [-0.2, -0.15) is 9.36 Å². The van der Waals surface area contributed by atoms with E-state index in [4.69, 9.17) is 10.6 Å². The van der Waals surface area contributed by atoms with E-state index in [2.05, 4.69) is 19.8 Å². The summed E-state index contributed by atoms with van der Waals surface area (Å²) in [4.78, 5) is 46.5. The van der Waals surface area contributed by atoms with Crippen molar-refractivity contribution < 1.29 is 29.4 Å². The average molecular weight is 428 g/mol. The van der Waals surface area contributed by atoms with Crippen molar-refractivity contribution in [3.8, 4) is 0 Å². The summed E-state index contributed by atoms with van der Waals surface area (Å²) in [6.45, 7) is 1.40. The third-order valence-corrected chi connectivity index (χ3v) is 5.76. The van der Waals surface area contributed by atoms with Gasteiger partial charge in [0.2, 0.25) is 11.5 Å². The summed E-state index contributed by atoms with van der Waals surface area (Å²) in [7, 11) is 0. The summed E-state index contributed by atoms with van der Waals surface area (Å²) in [6, 6.07) is -0.963. The van der Waals surface area contributed by atoms with Gasteiger partial charge in [0.25, 0.3) is 11.8 Å². The molecule has 3 heterocycles. The Kier molecular flexibility index (Phi) is 5.81. The van der Waals surface area contributed by atoms with E-state index in [0.29, 0.717) is 0 Å². The topological polar surface area (TPSA) is 180 Å². The summed E-state index contributed by atoms with van der Waals surface area (Å²) in [5, 5.41) is 24.4. The normalized spacial score (nSPS) is 21.9. The number of amides is 2. The van der Waals surface area contributed by atoms with Crippen LogP contribution in [0.4, 0.5) is 5.13 Å². The van der Waals surface area contributed by atoms with Crippen LogP contribution in [0.15, 0.2) is 16.4 Å². The van der Waals surface area contributed by atoms with Crippen molar-refractivity contribution in [3.05, 3.63) is 17.1 Å². The number of hydrogen-bond donors (Lipinski definition) is 4. The van der Waals surface area contributed by atoms with Crippen molar-refractivity contribution in [2.24, 2.45) is 5.16 Å². The van der Waals surface area contributed by atoms with Gasteiger partial charge in [0.15, 0.2) is 5.13 Å². The molecule has 28 heavy (non-hydrogen) atoms. The van der Waals surface area contributed by atoms with Gasteiger partial charge in [0.05, 0.1) is 6.61 Å². The second-order valence-electron chi connectivity index (χ2n) is 5.59. The van der Waals surface area contributed by atoms with Crippen LogP contribution in [0, 0.1) is 0 Å². The molecule has 150 valence electrons. The lowest BCUT2D eigenvalue weighted by molar-refractivity contribution is -0.150. The van der Waals surface area contributed by atoms with Crippen molar-refractivity contribution >= 4 is 51.9 Å². The zero-order chi connectivity index (χ0) is 20.4. The molecule has 0 radical (unpaired) electrons. The zero-order valence-corrected chi connectivity index (χ0v) is 16.1. The number of nitrogens with zero attached hydrogens (tertiary/aromatic N) is 4. The number of anilines is 1. The molecule has 12 nitrogen and oxygen atoms in total. The van der Waals surface area contributed by atoms with Crippen LogP contribution in [-0.4, -0.2) is 78.3 Å². The van der Waals surface area contributed by atoms with Crippen LogP contribution in [0.25, 0.3) is 0 Å². The third-order valence-electron chi connectivity index (χ3n) is 3.88. The molecule has 2 aliphatic heterocycles. The van der Waals surface area contributed by atoms with Crippen LogP contribution < -0.4 is 11.1 Å². The molecule has 5 N–H and O–H groups in total. The van der Waals surface area contributed by atoms with Crippen molar-refractivity contribution in [1.82, 2.24) is 19.6 Å². The number of carboxylic acid groups (broad SMARTS) is 1. The molecule has 0 aliphatic carbocycles. The molecule has 2 amide bonds. The Morgan fingerprint density at radius 2 is 2.25 bits per heavy atom. The maximum absolute atomic E-state index is 12.6. The number of hydrogen-bond acceptors (Lipinski definition) is 11. The van der Waals surface area contributed by atoms with Gasteiger partial charge < -0.3 is 26.1 Å². The fourth-order valence-electron chi connectivity index (χ4n) is 2.66. The number of rotatable bonds is 7. The molecule has 2 atom stereocenters. The first-order valence-corrected chi connectivity index (χ1v) is 9.82. The SMILES string of the molecule is CCO/N=C(/C(=O)N[C@@H]1C(=O)N2C(C(=O)O)=C(CO)CS[C@H]12)c1nsc(N)n1. The molecule has 14 heteroatoms. The Bertz CT molecular complexity index is 883. The Labute approximate surface area is 166 Å². The molecule has 1 aromatic heterocycles. The number of aliphatic hydroxyl groups excluding tert-OH is 1. The Hall–Kier alpha value is -2.71. The number of carbonyl (C=O) groups is 3. The number of carboxylic acids is 1. The van der Waals surface area contributed by atoms with Crippen LogP contribution in [0.2, 0.25) is 0 Å². The average Bonchev–Trinajstić information content (AvgIpc) is 3.10. The van der Waals surface area contributed by atoms with Crippen LogP contribution in [0.1, 0.15) is 12.7 Å². The number of nitrogen functional groups attached to an aromatic ring is 1. The van der Waals surface area contributed by atoms with Gasteiger partial charge in [0.1, 0.15) is 23.7 Å². The van der Waals surface area contributed by atoms with Crippen LogP contribution in [0.5, 0.6) is 0 Å². The van der Waals surface area contributed by atoms with Gasteiger partial charge in [0, 0.05) is 17.3 Å². The Morgan fingerprint density at radius 1 is 1.50 bits per heavy atom. The van der Waals surface area contributed by atoms with Gasteiger partial charge >= 0.3 is 5.97 Å². The lowest BCUT2D eigenvalue weighted by Crippen LogP contribution is -2.71. The third kappa shape index (κ3) is 3.53. The van der Waals surface area contributed by atoms with Gasteiger partial charge in [-0.1, -0.05) is 5.16 Å². The van der Waals surface area contributed by atoms with E-state index in [1.54, 1.807) is 6.92 Å². The number of nitrogens with two attached hydrogens (primary N) is 1. The molecule has 0 saturated carbocycles. The molecule has 1 fully saturated rings. The molecule has 1 saturated heterocycles. The molecular weight excluding hydrogens is 412 g/mol. The largest absolute Gasteiger partial charge is 0.477 e. The lowest BCUT2D eigenvalue weighted by Gasteiger charge is -2.49. The minimum Gasteiger partial charge on any atom is -0.477 e. The fourth-order valence-corrected chi connectivity index (χ4v) is 4.43. The van der Waals surface area contributed by atoms with Crippen molar-refractivity contribution in [1.29, 1.82) is 0 Å². The highest BCUT2D eigenvalue weighted by molar-refractivity contribution is 8.00. The first-order valence-electron chi connectivity index (χ1n) is 8.00. The van der Waals surface area contributed by atoms with E-state index in [-0.39, 0.29) is 40.3 Å². The van der Waals surface area contributed by atoms with Crippen molar-refractivity contribution in [2.45, 2.75) is 18.3 Å². The maximum atomic E-state index is 12.6. The van der Waals surface area contributed by atoms with E-state index in [1.807, 2.05) is 0 Å². The smallest absolute Gasteiger partial charge is 0.352 e. The molecule has 0 unspecified atom stereocenters. The summed E-state index contributed by atoms with van der Waals surface area (Å²) in [5.74, 6) is -2.48. The molecular formula is C14H16N6O6S2. The molecule has 2 aliphatic rings. The van der Waals surface area contributed by atoms with E-state index >= 15 is 0 Å². The minimum absolute atomic E-state index is 0.0398. The molecule has 0 spiro atoms. The number of oxime groups is 1. The summed E-state index contributed by atoms with van der Waals surface area (Å²) < 4.78 is 3.92. The maximum Gasteiger partial charge on any atom is 0.352 e. The van der Waals surface area contributed by atoms with Crippen LogP contribution in [0.3, 0.4) is 0 Å². The van der Waals surface area contributed by atoms with Crippen LogP contribution >= 0.6 is 23.3 Å². The number of thioether (sulfide) groups is 1. The van der Waals surface area contributed by atoms with Gasteiger partial charge in [-0.25, -0.2) is 4.79 Å². The highest BCUT2D eigenvalue weighted by atomic mass is 32.2. The van der Waals surface area contributed by atoms with E-state index in [9.17, 15) is 24.6 Å². The fraction of sp³-hybridized carbons (Fsp3) is 0.429. The number of β-lactam (4-membered cyclic amide) rings is 1. The van der Waals surface area contributed by atoms with Gasteiger partial charge in [-0.15, -0.1) is 11.8 Å². The highest BCUT2D eigenvalue weighted by Gasteiger charge is 2.54. The molecule has 0 aromatic carbocycles. The van der Waals surface area contributed by atoms with E-state index in [1.165, 1.54) is 11.8 Å². The Morgan fingerprint density at radius 3 is 2.82 bits per heavy atom. The second kappa shape index (κ2) is 8.12. The summed E-state index contributed by atoms with van der Waals surface area (Å²) >= 11 is 2.11. The van der Waals surface area contributed by atoms with Crippen LogP contribution in [-0.2, 0) is 19.2 Å². The number of aliphatic carboxylic acids is 1. The molecule has 0 bridgehead atoms. The monoisotopic (exact) mass is 428 g/mol.